The monoisotopic (exact) mass is 171 g/mol. The highest BCUT2D eigenvalue weighted by molar-refractivity contribution is 4.76. The van der Waals surface area contributed by atoms with Gasteiger partial charge in [0.25, 0.3) is 0 Å². The molecule has 0 bridgehead atoms. The molecule has 0 aliphatic heterocycles. The van der Waals surface area contributed by atoms with Crippen LogP contribution in [0.25, 0.3) is 0 Å². The van der Waals surface area contributed by atoms with Gasteiger partial charge >= 0.3 is 0 Å². The Labute approximate surface area is 75.4 Å². The molecule has 0 aromatic carbocycles. The lowest BCUT2D eigenvalue weighted by Gasteiger charge is -2.29. The summed E-state index contributed by atoms with van der Waals surface area (Å²) in [5.74, 6) is 0.957. The molecule has 2 N–H and O–H groups in total. The molecule has 2 atom stereocenters. The van der Waals surface area contributed by atoms with Crippen molar-refractivity contribution in [3.63, 3.8) is 0 Å². The lowest BCUT2D eigenvalue weighted by Crippen LogP contribution is -2.38. The zero-order valence-corrected chi connectivity index (χ0v) is 8.21. The van der Waals surface area contributed by atoms with Crippen molar-refractivity contribution in [2.45, 2.75) is 51.6 Å². The van der Waals surface area contributed by atoms with Gasteiger partial charge in [-0.3, -0.25) is 0 Å². The third-order valence-electron chi connectivity index (χ3n) is 2.75. The van der Waals surface area contributed by atoms with Gasteiger partial charge in [0.05, 0.1) is 6.61 Å². The third kappa shape index (κ3) is 3.11. The van der Waals surface area contributed by atoms with Crippen LogP contribution in [0.5, 0.6) is 0 Å². The van der Waals surface area contributed by atoms with Gasteiger partial charge in [-0.2, -0.15) is 0 Å². The first-order chi connectivity index (χ1) is 5.72. The second-order valence-electron chi connectivity index (χ2n) is 4.18. The summed E-state index contributed by atoms with van der Waals surface area (Å²) in [6.45, 7) is 4.48. The van der Waals surface area contributed by atoms with Crippen LogP contribution >= 0.6 is 0 Å². The van der Waals surface area contributed by atoms with Gasteiger partial charge in [0, 0.05) is 12.1 Å². The maximum atomic E-state index is 8.83. The second kappa shape index (κ2) is 4.83. The molecule has 1 saturated carbocycles. The highest BCUT2D eigenvalue weighted by Crippen LogP contribution is 2.30. The molecule has 72 valence electrons. The van der Waals surface area contributed by atoms with Crippen LogP contribution in [0.1, 0.15) is 39.5 Å². The number of hydrogen-bond donors (Lipinski definition) is 2. The van der Waals surface area contributed by atoms with E-state index in [9.17, 15) is 0 Å². The van der Waals surface area contributed by atoms with Gasteiger partial charge < -0.3 is 10.4 Å². The first kappa shape index (κ1) is 10.0. The molecule has 1 unspecified atom stereocenters. The van der Waals surface area contributed by atoms with E-state index in [1.807, 2.05) is 6.92 Å². The van der Waals surface area contributed by atoms with Gasteiger partial charge in [-0.15, -0.1) is 0 Å². The molecule has 1 fully saturated rings. The summed E-state index contributed by atoms with van der Waals surface area (Å²) in [5.41, 5.74) is 0. The minimum Gasteiger partial charge on any atom is -0.395 e. The van der Waals surface area contributed by atoms with Crippen molar-refractivity contribution in [1.29, 1.82) is 0 Å². The maximum Gasteiger partial charge on any atom is 0.0582 e. The highest BCUT2D eigenvalue weighted by atomic mass is 16.3. The molecule has 0 heterocycles. The Kier molecular flexibility index (Phi) is 4.02. The van der Waals surface area contributed by atoms with E-state index in [2.05, 4.69) is 12.2 Å². The van der Waals surface area contributed by atoms with Gasteiger partial charge in [-0.05, 0) is 26.2 Å². The molecule has 0 aromatic rings. The Balaban J connectivity index is 2.05. The fraction of sp³-hybridized carbons (Fsp3) is 1.00. The average Bonchev–Trinajstić information content (AvgIpc) is 1.97. The van der Waals surface area contributed by atoms with E-state index in [1.54, 1.807) is 0 Å². The van der Waals surface area contributed by atoms with Gasteiger partial charge in [-0.25, -0.2) is 0 Å². The lowest BCUT2D eigenvalue weighted by molar-refractivity contribution is 0.218. The Morgan fingerprint density at radius 2 is 2.00 bits per heavy atom. The number of aliphatic hydroxyl groups is 1. The van der Waals surface area contributed by atoms with E-state index < -0.39 is 0 Å². The van der Waals surface area contributed by atoms with Gasteiger partial charge in [0.15, 0.2) is 0 Å². The number of rotatable bonds is 5. The van der Waals surface area contributed by atoms with E-state index >= 15 is 0 Å². The molecule has 2 nitrogen and oxygen atoms in total. The van der Waals surface area contributed by atoms with Crippen molar-refractivity contribution in [1.82, 2.24) is 5.32 Å². The van der Waals surface area contributed by atoms with Crippen molar-refractivity contribution < 1.29 is 5.11 Å². The van der Waals surface area contributed by atoms with E-state index in [0.717, 1.165) is 5.92 Å². The van der Waals surface area contributed by atoms with E-state index in [1.165, 1.54) is 25.7 Å². The van der Waals surface area contributed by atoms with Crippen LogP contribution in [-0.2, 0) is 0 Å². The summed E-state index contributed by atoms with van der Waals surface area (Å²) in [6, 6.07) is 0.817. The average molecular weight is 171 g/mol. The van der Waals surface area contributed by atoms with Crippen LogP contribution < -0.4 is 5.32 Å². The molecule has 1 aliphatic carbocycles. The summed E-state index contributed by atoms with van der Waals surface area (Å²) in [7, 11) is 0. The van der Waals surface area contributed by atoms with Crippen LogP contribution in [-0.4, -0.2) is 23.8 Å². The molecule has 0 saturated heterocycles. The molecule has 0 spiro atoms. The van der Waals surface area contributed by atoms with Crippen LogP contribution in [0.4, 0.5) is 0 Å². The van der Waals surface area contributed by atoms with Crippen molar-refractivity contribution >= 4 is 0 Å². The molecule has 1 aliphatic rings. The minimum absolute atomic E-state index is 0.245. The summed E-state index contributed by atoms with van der Waals surface area (Å²) in [6.07, 6.45) is 5.54. The zero-order chi connectivity index (χ0) is 8.97. The fourth-order valence-corrected chi connectivity index (χ4v) is 1.83. The predicted octanol–water partition coefficient (Wildman–Crippen LogP) is 1.54. The highest BCUT2D eigenvalue weighted by Gasteiger charge is 2.20. The maximum absolute atomic E-state index is 8.83. The summed E-state index contributed by atoms with van der Waals surface area (Å²) in [5, 5.41) is 12.2. The SMILES string of the molecule is CC(CC1CCC1)N[C@H](C)CO. The van der Waals surface area contributed by atoms with Gasteiger partial charge in [0.1, 0.15) is 0 Å². The number of hydrogen-bond acceptors (Lipinski definition) is 2. The molecule has 0 amide bonds. The van der Waals surface area contributed by atoms with Crippen molar-refractivity contribution in [3.05, 3.63) is 0 Å². The van der Waals surface area contributed by atoms with Crippen LogP contribution in [0.15, 0.2) is 0 Å². The Hall–Kier alpha value is -0.0800. The molecular formula is C10H21NO. The van der Waals surface area contributed by atoms with Gasteiger partial charge in [-0.1, -0.05) is 19.3 Å². The Bertz CT molecular complexity index is 116. The molecule has 0 aromatic heterocycles. The van der Waals surface area contributed by atoms with Crippen molar-refractivity contribution in [2.75, 3.05) is 6.61 Å². The summed E-state index contributed by atoms with van der Waals surface area (Å²) >= 11 is 0. The zero-order valence-electron chi connectivity index (χ0n) is 8.21. The largest absolute Gasteiger partial charge is 0.395 e. The van der Waals surface area contributed by atoms with Crippen LogP contribution in [0, 0.1) is 5.92 Å². The van der Waals surface area contributed by atoms with Crippen LogP contribution in [0.2, 0.25) is 0 Å². The Morgan fingerprint density at radius 1 is 1.33 bits per heavy atom. The molecule has 0 radical (unpaired) electrons. The first-order valence-electron chi connectivity index (χ1n) is 5.09. The topological polar surface area (TPSA) is 32.3 Å². The first-order valence-corrected chi connectivity index (χ1v) is 5.09. The molecule has 12 heavy (non-hydrogen) atoms. The number of nitrogens with one attached hydrogen (secondary N) is 1. The standard InChI is InChI=1S/C10H21NO/c1-8(11-9(2)7-12)6-10-4-3-5-10/h8-12H,3-7H2,1-2H3/t8?,9-/m1/s1. The van der Waals surface area contributed by atoms with Crippen LogP contribution in [0.3, 0.4) is 0 Å². The smallest absolute Gasteiger partial charge is 0.0582 e. The third-order valence-corrected chi connectivity index (χ3v) is 2.75. The molecule has 2 heteroatoms. The number of aliphatic hydroxyl groups excluding tert-OH is 1. The quantitative estimate of drug-likeness (QED) is 0.657. The summed E-state index contributed by atoms with van der Waals surface area (Å²) < 4.78 is 0. The van der Waals surface area contributed by atoms with Crippen molar-refractivity contribution in [2.24, 2.45) is 5.92 Å². The molecular weight excluding hydrogens is 150 g/mol. The van der Waals surface area contributed by atoms with E-state index in [4.69, 9.17) is 5.11 Å². The van der Waals surface area contributed by atoms with E-state index in [0.29, 0.717) is 6.04 Å². The lowest BCUT2D eigenvalue weighted by atomic mass is 9.81. The molecule has 1 rings (SSSR count). The second-order valence-corrected chi connectivity index (χ2v) is 4.18. The van der Waals surface area contributed by atoms with E-state index in [-0.39, 0.29) is 12.6 Å². The summed E-state index contributed by atoms with van der Waals surface area (Å²) in [4.78, 5) is 0. The van der Waals surface area contributed by atoms with Crippen molar-refractivity contribution in [3.8, 4) is 0 Å². The fourth-order valence-electron chi connectivity index (χ4n) is 1.83. The minimum atomic E-state index is 0.245. The van der Waals surface area contributed by atoms with Gasteiger partial charge in [0.2, 0.25) is 0 Å². The predicted molar refractivity (Wildman–Crippen MR) is 51.1 cm³/mol. The normalized spacial score (nSPS) is 23.2. The Morgan fingerprint density at radius 3 is 2.42 bits per heavy atom.